The molecule has 0 aliphatic carbocycles. The van der Waals surface area contributed by atoms with Crippen LogP contribution in [0.4, 0.5) is 0 Å². The minimum absolute atomic E-state index is 0.0395. The normalized spacial score (nSPS) is 11.1. The van der Waals surface area contributed by atoms with Crippen LogP contribution in [0.25, 0.3) is 11.0 Å². The lowest BCUT2D eigenvalue weighted by Gasteiger charge is -2.13. The number of carbonyl (C=O) groups is 1. The van der Waals surface area contributed by atoms with E-state index in [1.54, 1.807) is 0 Å². The quantitative estimate of drug-likeness (QED) is 0.382. The van der Waals surface area contributed by atoms with Crippen molar-refractivity contribution in [2.75, 3.05) is 19.8 Å². The predicted molar refractivity (Wildman–Crippen MR) is 128 cm³/mol. The summed E-state index contributed by atoms with van der Waals surface area (Å²) in [5, 5.41) is 2.98. The molecule has 1 N–H and O–H groups in total. The predicted octanol–water partition coefficient (Wildman–Crippen LogP) is 5.00. The van der Waals surface area contributed by atoms with Crippen LogP contribution in [0.2, 0.25) is 0 Å². The molecule has 32 heavy (non-hydrogen) atoms. The third-order valence-corrected chi connectivity index (χ3v) is 5.36. The molecule has 0 radical (unpaired) electrons. The molecule has 2 aromatic carbocycles. The Morgan fingerprint density at radius 2 is 1.72 bits per heavy atom. The molecular formula is C26H35N3O3. The number of nitrogens with one attached hydrogen (secondary N) is 1. The molecule has 6 heteroatoms. The topological polar surface area (TPSA) is 65.4 Å². The molecule has 3 aromatic rings. The monoisotopic (exact) mass is 437 g/mol. The SMILES string of the molecule is CCOc1ccccc1OCCn1c(CCCCCNC(=O)C(C)C)nc2ccccc21. The molecule has 0 saturated carbocycles. The summed E-state index contributed by atoms with van der Waals surface area (Å²) in [7, 11) is 0. The van der Waals surface area contributed by atoms with Crippen LogP contribution in [0.5, 0.6) is 11.5 Å². The van der Waals surface area contributed by atoms with E-state index in [9.17, 15) is 4.79 Å². The molecule has 0 aliphatic heterocycles. The second-order valence-electron chi connectivity index (χ2n) is 8.15. The fraction of sp³-hybridized carbons (Fsp3) is 0.462. The maximum Gasteiger partial charge on any atom is 0.222 e. The minimum atomic E-state index is 0.0395. The summed E-state index contributed by atoms with van der Waals surface area (Å²) in [6, 6.07) is 16.0. The number of aromatic nitrogens is 2. The van der Waals surface area contributed by atoms with Gasteiger partial charge < -0.3 is 19.4 Å². The van der Waals surface area contributed by atoms with Crippen LogP contribution in [0, 0.1) is 5.92 Å². The lowest BCUT2D eigenvalue weighted by atomic mass is 10.1. The second kappa shape index (κ2) is 12.1. The maximum atomic E-state index is 11.7. The number of rotatable bonds is 13. The first kappa shape index (κ1) is 23.6. The number of ether oxygens (including phenoxy) is 2. The number of amides is 1. The molecule has 172 valence electrons. The molecule has 0 fully saturated rings. The number of imidazole rings is 1. The van der Waals surface area contributed by atoms with Crippen molar-refractivity contribution in [1.29, 1.82) is 0 Å². The molecule has 0 atom stereocenters. The maximum absolute atomic E-state index is 11.7. The van der Waals surface area contributed by atoms with Crippen molar-refractivity contribution in [3.8, 4) is 11.5 Å². The summed E-state index contributed by atoms with van der Waals surface area (Å²) in [6.07, 6.45) is 3.98. The van der Waals surface area contributed by atoms with Gasteiger partial charge in [-0.1, -0.05) is 44.5 Å². The summed E-state index contributed by atoms with van der Waals surface area (Å²) in [6.45, 7) is 8.41. The number of aryl methyl sites for hydroxylation is 1. The zero-order valence-corrected chi connectivity index (χ0v) is 19.5. The van der Waals surface area contributed by atoms with Crippen LogP contribution in [-0.4, -0.2) is 35.2 Å². The third-order valence-electron chi connectivity index (χ3n) is 5.36. The second-order valence-corrected chi connectivity index (χ2v) is 8.15. The van der Waals surface area contributed by atoms with Gasteiger partial charge in [-0.05, 0) is 44.0 Å². The summed E-state index contributed by atoms with van der Waals surface area (Å²) >= 11 is 0. The molecule has 0 aliphatic rings. The molecule has 0 spiro atoms. The standard InChI is InChI=1S/C26H35N3O3/c1-4-31-23-14-9-10-15-24(23)32-19-18-29-22-13-8-7-12-21(22)28-25(29)16-6-5-11-17-27-26(30)20(2)3/h7-10,12-15,20H,4-6,11,16-19H2,1-3H3,(H,27,30). The van der Waals surface area contributed by atoms with E-state index in [0.29, 0.717) is 13.2 Å². The van der Waals surface area contributed by atoms with Gasteiger partial charge in [-0.25, -0.2) is 4.98 Å². The average molecular weight is 438 g/mol. The average Bonchev–Trinajstić information content (AvgIpc) is 3.14. The van der Waals surface area contributed by atoms with E-state index in [1.165, 1.54) is 0 Å². The highest BCUT2D eigenvalue weighted by Gasteiger charge is 2.11. The summed E-state index contributed by atoms with van der Waals surface area (Å²) in [5.41, 5.74) is 2.15. The van der Waals surface area contributed by atoms with Crippen LogP contribution in [0.15, 0.2) is 48.5 Å². The number of nitrogens with zero attached hydrogens (tertiary/aromatic N) is 2. The highest BCUT2D eigenvalue weighted by molar-refractivity contribution is 5.77. The number of carbonyl (C=O) groups excluding carboxylic acids is 1. The zero-order chi connectivity index (χ0) is 22.8. The molecule has 1 heterocycles. The number of hydrogen-bond acceptors (Lipinski definition) is 4. The van der Waals surface area contributed by atoms with Gasteiger partial charge in [-0.2, -0.15) is 0 Å². The fourth-order valence-electron chi connectivity index (χ4n) is 3.66. The highest BCUT2D eigenvalue weighted by atomic mass is 16.5. The lowest BCUT2D eigenvalue weighted by molar-refractivity contribution is -0.123. The molecule has 3 rings (SSSR count). The minimum Gasteiger partial charge on any atom is -0.490 e. The van der Waals surface area contributed by atoms with Gasteiger partial charge in [0.2, 0.25) is 5.91 Å². The van der Waals surface area contributed by atoms with Crippen molar-refractivity contribution < 1.29 is 14.3 Å². The van der Waals surface area contributed by atoms with E-state index in [4.69, 9.17) is 14.5 Å². The third kappa shape index (κ3) is 6.49. The number of benzene rings is 2. The van der Waals surface area contributed by atoms with E-state index in [2.05, 4.69) is 22.0 Å². The van der Waals surface area contributed by atoms with Gasteiger partial charge in [-0.15, -0.1) is 0 Å². The van der Waals surface area contributed by atoms with Crippen LogP contribution >= 0.6 is 0 Å². The van der Waals surface area contributed by atoms with Crippen molar-refractivity contribution in [2.24, 2.45) is 5.92 Å². The van der Waals surface area contributed by atoms with Crippen molar-refractivity contribution in [1.82, 2.24) is 14.9 Å². The first-order valence-electron chi connectivity index (χ1n) is 11.7. The van der Waals surface area contributed by atoms with Crippen molar-refractivity contribution in [3.05, 3.63) is 54.4 Å². The van der Waals surface area contributed by atoms with Crippen LogP contribution in [0.1, 0.15) is 45.9 Å². The van der Waals surface area contributed by atoms with Crippen LogP contribution in [-0.2, 0) is 17.8 Å². The van der Waals surface area contributed by atoms with Gasteiger partial charge in [0.15, 0.2) is 11.5 Å². The number of fused-ring (bicyclic) bond motifs is 1. The Labute approximate surface area is 190 Å². The lowest BCUT2D eigenvalue weighted by Crippen LogP contribution is -2.28. The molecular weight excluding hydrogens is 402 g/mol. The van der Waals surface area contributed by atoms with Crippen molar-refractivity contribution in [3.63, 3.8) is 0 Å². The molecule has 0 saturated heterocycles. The van der Waals surface area contributed by atoms with E-state index >= 15 is 0 Å². The van der Waals surface area contributed by atoms with Gasteiger partial charge in [0, 0.05) is 18.9 Å². The number of unbranched alkanes of at least 4 members (excludes halogenated alkanes) is 2. The van der Waals surface area contributed by atoms with Gasteiger partial charge in [0.05, 0.1) is 24.2 Å². The Hall–Kier alpha value is -3.02. The van der Waals surface area contributed by atoms with Gasteiger partial charge in [0.25, 0.3) is 0 Å². The number of para-hydroxylation sites is 4. The Bertz CT molecular complexity index is 997. The van der Waals surface area contributed by atoms with E-state index in [1.807, 2.05) is 57.2 Å². The molecule has 6 nitrogen and oxygen atoms in total. The Balaban J connectivity index is 1.57. The Morgan fingerprint density at radius 3 is 2.47 bits per heavy atom. The van der Waals surface area contributed by atoms with Crippen molar-refractivity contribution in [2.45, 2.75) is 53.0 Å². The van der Waals surface area contributed by atoms with E-state index in [-0.39, 0.29) is 11.8 Å². The van der Waals surface area contributed by atoms with E-state index < -0.39 is 0 Å². The largest absolute Gasteiger partial charge is 0.490 e. The number of hydrogen-bond donors (Lipinski definition) is 1. The fourth-order valence-corrected chi connectivity index (χ4v) is 3.66. The van der Waals surface area contributed by atoms with Gasteiger partial charge in [0.1, 0.15) is 12.4 Å². The summed E-state index contributed by atoms with van der Waals surface area (Å²) in [5.74, 6) is 2.79. The summed E-state index contributed by atoms with van der Waals surface area (Å²) in [4.78, 5) is 16.5. The van der Waals surface area contributed by atoms with Crippen LogP contribution in [0.3, 0.4) is 0 Å². The van der Waals surface area contributed by atoms with Gasteiger partial charge >= 0.3 is 0 Å². The smallest absolute Gasteiger partial charge is 0.222 e. The Morgan fingerprint density at radius 1 is 1.00 bits per heavy atom. The highest BCUT2D eigenvalue weighted by Crippen LogP contribution is 2.26. The van der Waals surface area contributed by atoms with Gasteiger partial charge in [-0.3, -0.25) is 4.79 Å². The summed E-state index contributed by atoms with van der Waals surface area (Å²) < 4.78 is 14.0. The molecule has 0 unspecified atom stereocenters. The zero-order valence-electron chi connectivity index (χ0n) is 19.5. The molecule has 1 aromatic heterocycles. The van der Waals surface area contributed by atoms with E-state index in [0.717, 1.165) is 67.1 Å². The first-order valence-corrected chi connectivity index (χ1v) is 11.7. The van der Waals surface area contributed by atoms with Crippen molar-refractivity contribution >= 4 is 16.9 Å². The molecule has 1 amide bonds. The molecule has 0 bridgehead atoms. The van der Waals surface area contributed by atoms with Crippen LogP contribution < -0.4 is 14.8 Å². The Kier molecular flexibility index (Phi) is 8.96. The first-order chi connectivity index (χ1) is 15.6.